The molecule has 2 heterocycles. The largest absolute Gasteiger partial charge is 0.462 e. The van der Waals surface area contributed by atoms with Gasteiger partial charge in [0.25, 0.3) is 0 Å². The van der Waals surface area contributed by atoms with Crippen molar-refractivity contribution >= 4 is 0 Å². The topological polar surface area (TPSA) is 38.9 Å². The second kappa shape index (κ2) is 2.77. The summed E-state index contributed by atoms with van der Waals surface area (Å²) in [5, 5.41) is 0. The Morgan fingerprint density at radius 2 is 2.25 bits per heavy atom. The maximum atomic E-state index is 5.26. The van der Waals surface area contributed by atoms with Gasteiger partial charge in [-0.3, -0.25) is 0 Å². The standard InChI is InChI=1S/C9H8N2O/c1-7-3-5-12-9(7)8-2-4-10-6-11-8/h2-6H,1H3. The lowest BCUT2D eigenvalue weighted by Crippen LogP contribution is -1.82. The molecule has 0 N–H and O–H groups in total. The molecule has 0 aliphatic heterocycles. The van der Waals surface area contributed by atoms with Gasteiger partial charge in [-0.05, 0) is 24.6 Å². The molecular formula is C9H8N2O. The number of nitrogens with zero attached hydrogens (tertiary/aromatic N) is 2. The minimum Gasteiger partial charge on any atom is -0.462 e. The molecule has 2 aromatic heterocycles. The van der Waals surface area contributed by atoms with Crippen molar-refractivity contribution in [3.05, 3.63) is 36.5 Å². The molecule has 60 valence electrons. The van der Waals surface area contributed by atoms with Crippen LogP contribution < -0.4 is 0 Å². The summed E-state index contributed by atoms with van der Waals surface area (Å²) in [4.78, 5) is 7.91. The molecule has 0 spiro atoms. The Bertz CT molecular complexity index is 367. The average Bonchev–Trinajstić information content (AvgIpc) is 2.53. The molecule has 0 unspecified atom stereocenters. The number of hydrogen-bond acceptors (Lipinski definition) is 3. The van der Waals surface area contributed by atoms with E-state index in [-0.39, 0.29) is 0 Å². The van der Waals surface area contributed by atoms with Gasteiger partial charge >= 0.3 is 0 Å². The van der Waals surface area contributed by atoms with Crippen LogP contribution in [0.1, 0.15) is 5.56 Å². The Hall–Kier alpha value is -1.64. The molecule has 3 heteroatoms. The molecule has 3 nitrogen and oxygen atoms in total. The van der Waals surface area contributed by atoms with Crippen LogP contribution in [-0.4, -0.2) is 9.97 Å². The second-order valence-electron chi connectivity index (χ2n) is 2.53. The zero-order valence-corrected chi connectivity index (χ0v) is 6.69. The van der Waals surface area contributed by atoms with E-state index in [0.717, 1.165) is 17.0 Å². The van der Waals surface area contributed by atoms with Crippen molar-refractivity contribution in [3.8, 4) is 11.5 Å². The highest BCUT2D eigenvalue weighted by atomic mass is 16.3. The van der Waals surface area contributed by atoms with E-state index in [2.05, 4.69) is 9.97 Å². The molecule has 0 saturated heterocycles. The average molecular weight is 160 g/mol. The van der Waals surface area contributed by atoms with E-state index in [1.807, 2.05) is 19.1 Å². The van der Waals surface area contributed by atoms with E-state index in [1.54, 1.807) is 12.5 Å². The molecule has 0 saturated carbocycles. The van der Waals surface area contributed by atoms with Gasteiger partial charge in [0.1, 0.15) is 12.0 Å². The molecule has 0 aromatic carbocycles. The van der Waals surface area contributed by atoms with E-state index < -0.39 is 0 Å². The highest BCUT2D eigenvalue weighted by Crippen LogP contribution is 2.20. The molecule has 0 atom stereocenters. The zero-order valence-electron chi connectivity index (χ0n) is 6.69. The summed E-state index contributed by atoms with van der Waals surface area (Å²) < 4.78 is 5.26. The van der Waals surface area contributed by atoms with Crippen molar-refractivity contribution in [3.63, 3.8) is 0 Å². The lowest BCUT2D eigenvalue weighted by Gasteiger charge is -1.94. The summed E-state index contributed by atoms with van der Waals surface area (Å²) in [7, 11) is 0. The summed E-state index contributed by atoms with van der Waals surface area (Å²) in [6, 6.07) is 3.74. The van der Waals surface area contributed by atoms with Gasteiger partial charge in [-0.2, -0.15) is 0 Å². The van der Waals surface area contributed by atoms with Gasteiger partial charge in [-0.25, -0.2) is 9.97 Å². The van der Waals surface area contributed by atoms with Gasteiger partial charge in [0, 0.05) is 6.20 Å². The molecular weight excluding hydrogens is 152 g/mol. The highest BCUT2D eigenvalue weighted by Gasteiger charge is 2.04. The Kier molecular flexibility index (Phi) is 1.63. The maximum Gasteiger partial charge on any atom is 0.155 e. The van der Waals surface area contributed by atoms with Crippen molar-refractivity contribution < 1.29 is 4.42 Å². The quantitative estimate of drug-likeness (QED) is 0.640. The molecule has 0 aliphatic carbocycles. The fourth-order valence-electron chi connectivity index (χ4n) is 1.06. The third-order valence-electron chi connectivity index (χ3n) is 1.68. The first-order valence-corrected chi connectivity index (χ1v) is 3.68. The van der Waals surface area contributed by atoms with Crippen LogP contribution >= 0.6 is 0 Å². The van der Waals surface area contributed by atoms with E-state index in [4.69, 9.17) is 4.42 Å². The SMILES string of the molecule is Cc1ccoc1-c1ccncn1. The fourth-order valence-corrected chi connectivity index (χ4v) is 1.06. The Morgan fingerprint density at radius 3 is 2.83 bits per heavy atom. The van der Waals surface area contributed by atoms with E-state index in [0.29, 0.717) is 0 Å². The molecule has 0 fully saturated rings. The van der Waals surface area contributed by atoms with Gasteiger partial charge in [-0.15, -0.1) is 0 Å². The van der Waals surface area contributed by atoms with Crippen LogP contribution in [0.15, 0.2) is 35.3 Å². The Morgan fingerprint density at radius 1 is 1.33 bits per heavy atom. The minimum absolute atomic E-state index is 0.817. The molecule has 2 rings (SSSR count). The van der Waals surface area contributed by atoms with Gasteiger partial charge in [0.15, 0.2) is 5.76 Å². The first kappa shape index (κ1) is 7.03. The first-order valence-electron chi connectivity index (χ1n) is 3.68. The molecule has 0 aliphatic rings. The Labute approximate surface area is 70.1 Å². The smallest absolute Gasteiger partial charge is 0.155 e. The monoisotopic (exact) mass is 160 g/mol. The summed E-state index contributed by atoms with van der Waals surface area (Å²) in [6.07, 6.45) is 4.87. The zero-order chi connectivity index (χ0) is 8.39. The normalized spacial score (nSPS) is 10.1. The lowest BCUT2D eigenvalue weighted by molar-refractivity contribution is 0.578. The summed E-state index contributed by atoms with van der Waals surface area (Å²) in [5.41, 5.74) is 1.92. The van der Waals surface area contributed by atoms with Crippen LogP contribution in [0.3, 0.4) is 0 Å². The first-order chi connectivity index (χ1) is 5.88. The minimum atomic E-state index is 0.817. The molecule has 0 amide bonds. The van der Waals surface area contributed by atoms with Crippen LogP contribution in [0.25, 0.3) is 11.5 Å². The second-order valence-corrected chi connectivity index (χ2v) is 2.53. The molecule has 0 bridgehead atoms. The van der Waals surface area contributed by atoms with Crippen LogP contribution in [0.4, 0.5) is 0 Å². The molecule has 12 heavy (non-hydrogen) atoms. The van der Waals surface area contributed by atoms with Crippen molar-refractivity contribution in [2.24, 2.45) is 0 Å². The van der Waals surface area contributed by atoms with E-state index >= 15 is 0 Å². The predicted octanol–water partition coefficient (Wildman–Crippen LogP) is 2.05. The van der Waals surface area contributed by atoms with Crippen LogP contribution in [-0.2, 0) is 0 Å². The molecule has 0 radical (unpaired) electrons. The van der Waals surface area contributed by atoms with Crippen molar-refractivity contribution in [1.29, 1.82) is 0 Å². The number of furan rings is 1. The van der Waals surface area contributed by atoms with Crippen LogP contribution in [0.5, 0.6) is 0 Å². The van der Waals surface area contributed by atoms with E-state index in [9.17, 15) is 0 Å². The molecule has 2 aromatic rings. The summed E-state index contributed by atoms with van der Waals surface area (Å²) >= 11 is 0. The van der Waals surface area contributed by atoms with Crippen molar-refractivity contribution in [1.82, 2.24) is 9.97 Å². The van der Waals surface area contributed by atoms with Crippen LogP contribution in [0.2, 0.25) is 0 Å². The fraction of sp³-hybridized carbons (Fsp3) is 0.111. The third kappa shape index (κ3) is 1.09. The predicted molar refractivity (Wildman–Crippen MR) is 44.5 cm³/mol. The van der Waals surface area contributed by atoms with Gasteiger partial charge < -0.3 is 4.42 Å². The van der Waals surface area contributed by atoms with Gasteiger partial charge in [0.2, 0.25) is 0 Å². The van der Waals surface area contributed by atoms with Gasteiger partial charge in [-0.1, -0.05) is 0 Å². The number of hydrogen-bond donors (Lipinski definition) is 0. The summed E-state index contributed by atoms with van der Waals surface area (Å²) in [5.74, 6) is 0.817. The van der Waals surface area contributed by atoms with Crippen molar-refractivity contribution in [2.45, 2.75) is 6.92 Å². The maximum absolute atomic E-state index is 5.26. The van der Waals surface area contributed by atoms with E-state index in [1.165, 1.54) is 6.33 Å². The summed E-state index contributed by atoms with van der Waals surface area (Å²) in [6.45, 7) is 1.99. The third-order valence-corrected chi connectivity index (χ3v) is 1.68. The Balaban J connectivity index is 2.51. The number of rotatable bonds is 1. The number of aromatic nitrogens is 2. The van der Waals surface area contributed by atoms with Crippen molar-refractivity contribution in [2.75, 3.05) is 0 Å². The number of aryl methyl sites for hydroxylation is 1. The van der Waals surface area contributed by atoms with Crippen LogP contribution in [0, 0.1) is 6.92 Å². The van der Waals surface area contributed by atoms with Gasteiger partial charge in [0.05, 0.1) is 6.26 Å². The highest BCUT2D eigenvalue weighted by molar-refractivity contribution is 5.55. The lowest BCUT2D eigenvalue weighted by atomic mass is 10.2.